The van der Waals surface area contributed by atoms with E-state index in [1.54, 1.807) is 0 Å². The fraction of sp³-hybridized carbons (Fsp3) is 0.667. The average Bonchev–Trinajstić information content (AvgIpc) is 2.17. The highest BCUT2D eigenvalue weighted by Crippen LogP contribution is 2.24. The van der Waals surface area contributed by atoms with Gasteiger partial charge < -0.3 is 5.73 Å². The SMILES string of the molecule is C#CC1(N)CCSC1. The molecule has 0 radical (unpaired) electrons. The van der Waals surface area contributed by atoms with Gasteiger partial charge in [0.2, 0.25) is 0 Å². The van der Waals surface area contributed by atoms with Gasteiger partial charge in [-0.15, -0.1) is 6.42 Å². The van der Waals surface area contributed by atoms with Gasteiger partial charge in [0, 0.05) is 5.75 Å². The molecule has 1 atom stereocenters. The Morgan fingerprint density at radius 2 is 2.50 bits per heavy atom. The third-order valence-electron chi connectivity index (χ3n) is 1.34. The number of terminal acetylenes is 1. The molecule has 1 nitrogen and oxygen atoms in total. The van der Waals surface area contributed by atoms with Gasteiger partial charge in [0.25, 0.3) is 0 Å². The van der Waals surface area contributed by atoms with Crippen molar-refractivity contribution in [1.29, 1.82) is 0 Å². The smallest absolute Gasteiger partial charge is 0.0872 e. The Morgan fingerprint density at radius 3 is 2.75 bits per heavy atom. The molecule has 0 aliphatic carbocycles. The second-order valence-electron chi connectivity index (χ2n) is 2.10. The van der Waals surface area contributed by atoms with Crippen molar-refractivity contribution in [3.05, 3.63) is 0 Å². The lowest BCUT2D eigenvalue weighted by Crippen LogP contribution is -2.37. The van der Waals surface area contributed by atoms with E-state index >= 15 is 0 Å². The molecule has 0 spiro atoms. The maximum absolute atomic E-state index is 5.70. The molecule has 1 rings (SSSR count). The molecule has 0 bridgehead atoms. The molecule has 2 N–H and O–H groups in total. The molecule has 44 valence electrons. The van der Waals surface area contributed by atoms with E-state index in [1.165, 1.54) is 0 Å². The summed E-state index contributed by atoms with van der Waals surface area (Å²) in [7, 11) is 0. The Morgan fingerprint density at radius 1 is 1.75 bits per heavy atom. The van der Waals surface area contributed by atoms with Crippen LogP contribution in [-0.2, 0) is 0 Å². The van der Waals surface area contributed by atoms with Crippen LogP contribution in [0.25, 0.3) is 0 Å². The molecule has 1 saturated heterocycles. The van der Waals surface area contributed by atoms with Crippen molar-refractivity contribution in [2.24, 2.45) is 5.73 Å². The number of hydrogen-bond donors (Lipinski definition) is 1. The summed E-state index contributed by atoms with van der Waals surface area (Å²) in [5, 5.41) is 0. The van der Waals surface area contributed by atoms with Gasteiger partial charge in [-0.05, 0) is 12.2 Å². The number of rotatable bonds is 0. The van der Waals surface area contributed by atoms with Crippen LogP contribution in [0.15, 0.2) is 0 Å². The van der Waals surface area contributed by atoms with Crippen LogP contribution in [0.1, 0.15) is 6.42 Å². The molecule has 2 heteroatoms. The Hall–Kier alpha value is -0.130. The van der Waals surface area contributed by atoms with Gasteiger partial charge in [-0.3, -0.25) is 0 Å². The Kier molecular flexibility index (Phi) is 1.50. The molecule has 1 unspecified atom stereocenters. The van der Waals surface area contributed by atoms with E-state index in [0.717, 1.165) is 17.9 Å². The van der Waals surface area contributed by atoms with Gasteiger partial charge in [-0.25, -0.2) is 0 Å². The van der Waals surface area contributed by atoms with Crippen molar-refractivity contribution in [3.63, 3.8) is 0 Å². The minimum atomic E-state index is -0.273. The third kappa shape index (κ3) is 0.988. The van der Waals surface area contributed by atoms with Gasteiger partial charge in [0.05, 0.1) is 5.54 Å². The number of nitrogens with two attached hydrogens (primary N) is 1. The first-order chi connectivity index (χ1) is 3.77. The summed E-state index contributed by atoms with van der Waals surface area (Å²) in [6.07, 6.45) is 6.16. The quantitative estimate of drug-likeness (QED) is 0.478. The molecular formula is C6H9NS. The standard InChI is InChI=1S/C6H9NS/c1-2-6(7)3-4-8-5-6/h1H,3-5,7H2. The summed E-state index contributed by atoms with van der Waals surface area (Å²) in [6, 6.07) is 0. The molecule has 0 saturated carbocycles. The zero-order valence-corrected chi connectivity index (χ0v) is 5.50. The second kappa shape index (κ2) is 2.00. The van der Waals surface area contributed by atoms with Crippen LogP contribution < -0.4 is 5.73 Å². The molecule has 1 aliphatic heterocycles. The topological polar surface area (TPSA) is 26.0 Å². The zero-order valence-electron chi connectivity index (χ0n) is 4.68. The van der Waals surface area contributed by atoms with Gasteiger partial charge >= 0.3 is 0 Å². The van der Waals surface area contributed by atoms with Crippen LogP contribution in [0.5, 0.6) is 0 Å². The minimum absolute atomic E-state index is 0.273. The molecule has 0 aromatic carbocycles. The highest BCUT2D eigenvalue weighted by molar-refractivity contribution is 7.99. The molecule has 0 aromatic heterocycles. The van der Waals surface area contributed by atoms with E-state index < -0.39 is 0 Å². The molecule has 1 aliphatic rings. The predicted molar refractivity (Wildman–Crippen MR) is 37.7 cm³/mol. The van der Waals surface area contributed by atoms with Gasteiger partial charge in [0.1, 0.15) is 0 Å². The third-order valence-corrected chi connectivity index (χ3v) is 2.55. The monoisotopic (exact) mass is 127 g/mol. The summed E-state index contributed by atoms with van der Waals surface area (Å²) >= 11 is 1.84. The summed E-state index contributed by atoms with van der Waals surface area (Å²) < 4.78 is 0. The highest BCUT2D eigenvalue weighted by Gasteiger charge is 2.26. The Labute approximate surface area is 54.0 Å². The number of hydrogen-bond acceptors (Lipinski definition) is 2. The molecule has 1 heterocycles. The van der Waals surface area contributed by atoms with E-state index in [1.807, 2.05) is 11.8 Å². The summed E-state index contributed by atoms with van der Waals surface area (Å²) in [5.74, 6) is 4.66. The normalized spacial score (nSPS) is 37.0. The maximum atomic E-state index is 5.70. The first kappa shape index (κ1) is 6.00. The van der Waals surface area contributed by atoms with Crippen LogP contribution >= 0.6 is 11.8 Å². The maximum Gasteiger partial charge on any atom is 0.0872 e. The van der Waals surface area contributed by atoms with E-state index in [2.05, 4.69) is 5.92 Å². The lowest BCUT2D eigenvalue weighted by Gasteiger charge is -2.12. The minimum Gasteiger partial charge on any atom is -0.314 e. The van der Waals surface area contributed by atoms with E-state index in [4.69, 9.17) is 12.2 Å². The Bertz CT molecular complexity index is 119. The van der Waals surface area contributed by atoms with Gasteiger partial charge in [-0.2, -0.15) is 11.8 Å². The summed E-state index contributed by atoms with van der Waals surface area (Å²) in [6.45, 7) is 0. The number of thioether (sulfide) groups is 1. The van der Waals surface area contributed by atoms with Crippen molar-refractivity contribution < 1.29 is 0 Å². The van der Waals surface area contributed by atoms with Crippen molar-refractivity contribution >= 4 is 11.8 Å². The Balaban J connectivity index is 2.56. The first-order valence-corrected chi connectivity index (χ1v) is 3.77. The molecular weight excluding hydrogens is 118 g/mol. The highest BCUT2D eigenvalue weighted by atomic mass is 32.2. The lowest BCUT2D eigenvalue weighted by atomic mass is 10.0. The van der Waals surface area contributed by atoms with E-state index in [9.17, 15) is 0 Å². The summed E-state index contributed by atoms with van der Waals surface area (Å²) in [4.78, 5) is 0. The van der Waals surface area contributed by atoms with Crippen molar-refractivity contribution in [3.8, 4) is 12.3 Å². The fourth-order valence-corrected chi connectivity index (χ4v) is 1.94. The molecule has 0 amide bonds. The molecule has 0 aromatic rings. The van der Waals surface area contributed by atoms with Crippen molar-refractivity contribution in [2.75, 3.05) is 11.5 Å². The van der Waals surface area contributed by atoms with Gasteiger partial charge in [-0.1, -0.05) is 5.92 Å². The van der Waals surface area contributed by atoms with E-state index in [-0.39, 0.29) is 5.54 Å². The van der Waals surface area contributed by atoms with Crippen LogP contribution in [0.4, 0.5) is 0 Å². The van der Waals surface area contributed by atoms with Crippen LogP contribution in [0.2, 0.25) is 0 Å². The fourth-order valence-electron chi connectivity index (χ4n) is 0.695. The van der Waals surface area contributed by atoms with Crippen LogP contribution in [0.3, 0.4) is 0 Å². The average molecular weight is 127 g/mol. The van der Waals surface area contributed by atoms with E-state index in [0.29, 0.717) is 0 Å². The zero-order chi connectivity index (χ0) is 6.04. The summed E-state index contributed by atoms with van der Waals surface area (Å²) in [5.41, 5.74) is 5.43. The van der Waals surface area contributed by atoms with Gasteiger partial charge in [0.15, 0.2) is 0 Å². The molecule has 1 fully saturated rings. The predicted octanol–water partition coefficient (Wildman–Crippen LogP) is 0.454. The second-order valence-corrected chi connectivity index (χ2v) is 3.21. The van der Waals surface area contributed by atoms with Crippen molar-refractivity contribution in [1.82, 2.24) is 0 Å². The molecule has 8 heavy (non-hydrogen) atoms. The largest absolute Gasteiger partial charge is 0.314 e. The van der Waals surface area contributed by atoms with Crippen LogP contribution in [0, 0.1) is 12.3 Å². The first-order valence-electron chi connectivity index (χ1n) is 2.61. The lowest BCUT2D eigenvalue weighted by molar-refractivity contribution is 0.624. The van der Waals surface area contributed by atoms with Crippen LogP contribution in [-0.4, -0.2) is 17.0 Å². The van der Waals surface area contributed by atoms with Crippen molar-refractivity contribution in [2.45, 2.75) is 12.0 Å².